The molecule has 1 aliphatic heterocycles. The van der Waals surface area contributed by atoms with Crippen LogP contribution in [0.15, 0.2) is 0 Å². The molecule has 0 aromatic heterocycles. The maximum absolute atomic E-state index is 13.4. The van der Waals surface area contributed by atoms with E-state index in [1.807, 2.05) is 0 Å². The Labute approximate surface area is 124 Å². The first kappa shape index (κ1) is 16.6. The number of hydrogen-bond acceptors (Lipinski definition) is 3. The molecule has 0 aromatic carbocycles. The van der Waals surface area contributed by atoms with Crippen LogP contribution in [-0.2, 0) is 14.8 Å². The fourth-order valence-electron chi connectivity index (χ4n) is 3.26. The van der Waals surface area contributed by atoms with Gasteiger partial charge in [-0.05, 0) is 13.3 Å². The minimum absolute atomic E-state index is 0.178. The van der Waals surface area contributed by atoms with Gasteiger partial charge in [-0.2, -0.15) is 4.31 Å². The summed E-state index contributed by atoms with van der Waals surface area (Å²) in [6.07, 6.45) is 0.638. The maximum Gasteiger partial charge on any atom is 0.249 e. The molecule has 2 unspecified atom stereocenters. The lowest BCUT2D eigenvalue weighted by molar-refractivity contribution is -0.146. The summed E-state index contributed by atoms with van der Waals surface area (Å²) in [6.45, 7) is 4.05. The molecule has 122 valence electrons. The van der Waals surface area contributed by atoms with Crippen LogP contribution < -0.4 is 0 Å². The van der Waals surface area contributed by atoms with E-state index in [4.69, 9.17) is 0 Å². The Hall–Kier alpha value is -0.760. The SMILES string of the molecule is CC1CN(S(C)(=O)=O)CCN1C(=O)C1(C)CCC(F)(F)C1. The zero-order valence-electron chi connectivity index (χ0n) is 12.6. The molecule has 1 saturated heterocycles. The van der Waals surface area contributed by atoms with Gasteiger partial charge in [0, 0.05) is 38.5 Å². The predicted molar refractivity (Wildman–Crippen MR) is 74.5 cm³/mol. The smallest absolute Gasteiger partial charge is 0.249 e. The van der Waals surface area contributed by atoms with Gasteiger partial charge >= 0.3 is 0 Å². The molecule has 5 nitrogen and oxygen atoms in total. The van der Waals surface area contributed by atoms with E-state index in [2.05, 4.69) is 0 Å². The van der Waals surface area contributed by atoms with Crippen molar-refractivity contribution in [2.75, 3.05) is 25.9 Å². The van der Waals surface area contributed by atoms with Crippen molar-refractivity contribution in [3.8, 4) is 0 Å². The van der Waals surface area contributed by atoms with Gasteiger partial charge in [0.25, 0.3) is 0 Å². The summed E-state index contributed by atoms with van der Waals surface area (Å²) in [4.78, 5) is 14.2. The number of amides is 1. The zero-order chi connectivity index (χ0) is 16.1. The van der Waals surface area contributed by atoms with Crippen molar-refractivity contribution < 1.29 is 22.0 Å². The lowest BCUT2D eigenvalue weighted by atomic mass is 9.86. The molecular weight excluding hydrogens is 302 g/mol. The Kier molecular flexibility index (Phi) is 4.08. The number of rotatable bonds is 2. The highest BCUT2D eigenvalue weighted by atomic mass is 32.2. The Morgan fingerprint density at radius 3 is 2.29 bits per heavy atom. The molecule has 2 rings (SSSR count). The van der Waals surface area contributed by atoms with Crippen LogP contribution in [0, 0.1) is 5.41 Å². The van der Waals surface area contributed by atoms with Crippen molar-refractivity contribution in [3.63, 3.8) is 0 Å². The summed E-state index contributed by atoms with van der Waals surface area (Å²) >= 11 is 0. The molecule has 0 aromatic rings. The summed E-state index contributed by atoms with van der Waals surface area (Å²) in [6, 6.07) is -0.299. The van der Waals surface area contributed by atoms with E-state index in [1.165, 1.54) is 4.31 Å². The van der Waals surface area contributed by atoms with E-state index in [0.717, 1.165) is 6.26 Å². The minimum Gasteiger partial charge on any atom is -0.337 e. The molecule has 2 atom stereocenters. The molecule has 2 fully saturated rings. The van der Waals surface area contributed by atoms with Crippen molar-refractivity contribution >= 4 is 15.9 Å². The third-order valence-electron chi connectivity index (χ3n) is 4.53. The van der Waals surface area contributed by atoms with E-state index < -0.39 is 27.8 Å². The largest absolute Gasteiger partial charge is 0.337 e. The van der Waals surface area contributed by atoms with Crippen LogP contribution in [0.2, 0.25) is 0 Å². The molecule has 21 heavy (non-hydrogen) atoms. The highest BCUT2D eigenvalue weighted by Gasteiger charge is 2.52. The van der Waals surface area contributed by atoms with Gasteiger partial charge in [0.2, 0.25) is 21.9 Å². The number of carbonyl (C=O) groups is 1. The number of sulfonamides is 1. The normalized spacial score (nSPS) is 34.1. The molecule has 1 aliphatic carbocycles. The first-order valence-corrected chi connectivity index (χ1v) is 8.93. The molecule has 1 heterocycles. The first-order chi connectivity index (χ1) is 9.45. The fraction of sp³-hybridized carbons (Fsp3) is 0.923. The van der Waals surface area contributed by atoms with Gasteiger partial charge in [-0.1, -0.05) is 6.92 Å². The van der Waals surface area contributed by atoms with Crippen molar-refractivity contribution in [1.29, 1.82) is 0 Å². The summed E-state index contributed by atoms with van der Waals surface area (Å²) in [5.41, 5.74) is -1.04. The number of carbonyl (C=O) groups excluding carboxylic acids is 1. The van der Waals surface area contributed by atoms with Crippen LogP contribution in [0.5, 0.6) is 0 Å². The molecule has 1 amide bonds. The number of halogens is 2. The lowest BCUT2D eigenvalue weighted by Crippen LogP contribution is -2.57. The van der Waals surface area contributed by atoms with Crippen LogP contribution >= 0.6 is 0 Å². The van der Waals surface area contributed by atoms with Crippen LogP contribution in [0.4, 0.5) is 8.78 Å². The van der Waals surface area contributed by atoms with Crippen molar-refractivity contribution in [1.82, 2.24) is 9.21 Å². The van der Waals surface area contributed by atoms with Gasteiger partial charge < -0.3 is 4.90 Å². The third-order valence-corrected chi connectivity index (χ3v) is 5.80. The molecule has 0 bridgehead atoms. The van der Waals surface area contributed by atoms with Gasteiger partial charge in [0.15, 0.2) is 0 Å². The van der Waals surface area contributed by atoms with Crippen molar-refractivity contribution in [2.45, 2.75) is 45.1 Å². The average molecular weight is 324 g/mol. The second-order valence-electron chi connectivity index (χ2n) is 6.56. The van der Waals surface area contributed by atoms with Crippen LogP contribution in [0.3, 0.4) is 0 Å². The lowest BCUT2D eigenvalue weighted by Gasteiger charge is -2.42. The summed E-state index contributed by atoms with van der Waals surface area (Å²) < 4.78 is 51.2. The Bertz CT molecular complexity index is 538. The summed E-state index contributed by atoms with van der Waals surface area (Å²) in [5, 5.41) is 0. The van der Waals surface area contributed by atoms with Gasteiger partial charge in [-0.3, -0.25) is 4.79 Å². The van der Waals surface area contributed by atoms with E-state index in [0.29, 0.717) is 0 Å². The number of alkyl halides is 2. The Balaban J connectivity index is 2.08. The molecule has 2 aliphatic rings. The topological polar surface area (TPSA) is 57.7 Å². The predicted octanol–water partition coefficient (Wildman–Crippen LogP) is 1.30. The van der Waals surface area contributed by atoms with E-state index in [1.54, 1.807) is 18.7 Å². The van der Waals surface area contributed by atoms with Crippen molar-refractivity contribution in [3.05, 3.63) is 0 Å². The number of hydrogen-bond donors (Lipinski definition) is 0. The maximum atomic E-state index is 13.4. The Morgan fingerprint density at radius 2 is 1.86 bits per heavy atom. The highest BCUT2D eigenvalue weighted by Crippen LogP contribution is 2.48. The molecule has 8 heteroatoms. The molecule has 0 spiro atoms. The van der Waals surface area contributed by atoms with Gasteiger partial charge in [-0.25, -0.2) is 17.2 Å². The molecule has 1 saturated carbocycles. The van der Waals surface area contributed by atoms with Crippen LogP contribution in [-0.4, -0.2) is 61.4 Å². The first-order valence-electron chi connectivity index (χ1n) is 7.09. The van der Waals surface area contributed by atoms with Crippen LogP contribution in [0.1, 0.15) is 33.1 Å². The molecule has 0 radical (unpaired) electrons. The Morgan fingerprint density at radius 1 is 1.24 bits per heavy atom. The fourth-order valence-corrected chi connectivity index (χ4v) is 4.16. The van der Waals surface area contributed by atoms with Crippen molar-refractivity contribution in [2.24, 2.45) is 5.41 Å². The molecule has 0 N–H and O–H groups in total. The summed E-state index contributed by atoms with van der Waals surface area (Å²) in [7, 11) is -3.29. The van der Waals surface area contributed by atoms with E-state index in [9.17, 15) is 22.0 Å². The van der Waals surface area contributed by atoms with E-state index in [-0.39, 0.29) is 44.4 Å². The van der Waals surface area contributed by atoms with Gasteiger partial charge in [-0.15, -0.1) is 0 Å². The summed E-state index contributed by atoms with van der Waals surface area (Å²) in [5.74, 6) is -3.05. The second kappa shape index (κ2) is 5.15. The zero-order valence-corrected chi connectivity index (χ0v) is 13.4. The minimum atomic E-state index is -3.29. The van der Waals surface area contributed by atoms with Crippen LogP contribution in [0.25, 0.3) is 0 Å². The number of piperazine rings is 1. The monoisotopic (exact) mass is 324 g/mol. The average Bonchev–Trinajstić information content (AvgIpc) is 2.62. The van der Waals surface area contributed by atoms with E-state index >= 15 is 0 Å². The van der Waals surface area contributed by atoms with Gasteiger partial charge in [0.1, 0.15) is 0 Å². The standard InChI is InChI=1S/C13H22F2N2O3S/c1-10-8-16(21(3,19)20)6-7-17(10)11(18)12(2)4-5-13(14,15)9-12/h10H,4-9H2,1-3H3. The highest BCUT2D eigenvalue weighted by molar-refractivity contribution is 7.88. The second-order valence-corrected chi connectivity index (χ2v) is 8.54. The molecular formula is C13H22F2N2O3S. The quantitative estimate of drug-likeness (QED) is 0.769. The number of nitrogens with zero attached hydrogens (tertiary/aromatic N) is 2. The third kappa shape index (κ3) is 3.36. The van der Waals surface area contributed by atoms with Gasteiger partial charge in [0.05, 0.1) is 11.7 Å².